The molecule has 0 radical (unpaired) electrons. The second-order valence-corrected chi connectivity index (χ2v) is 5.05. The summed E-state index contributed by atoms with van der Waals surface area (Å²) in [5, 5.41) is 8.94. The Kier molecular flexibility index (Phi) is 4.57. The van der Waals surface area contributed by atoms with E-state index in [1.807, 2.05) is 42.6 Å². The van der Waals surface area contributed by atoms with Gasteiger partial charge in [-0.1, -0.05) is 13.0 Å². The second kappa shape index (κ2) is 6.39. The van der Waals surface area contributed by atoms with Crippen LogP contribution >= 0.6 is 0 Å². The lowest BCUT2D eigenvalue weighted by Gasteiger charge is -2.26. The first-order chi connectivity index (χ1) is 10.0. The summed E-state index contributed by atoms with van der Waals surface area (Å²) in [6.45, 7) is 3.50. The van der Waals surface area contributed by atoms with E-state index in [4.69, 9.17) is 5.11 Å². The van der Waals surface area contributed by atoms with E-state index in [0.717, 1.165) is 5.65 Å². The summed E-state index contributed by atoms with van der Waals surface area (Å²) in [7, 11) is 0. The van der Waals surface area contributed by atoms with Gasteiger partial charge in [-0.3, -0.25) is 9.59 Å². The second-order valence-electron chi connectivity index (χ2n) is 5.05. The van der Waals surface area contributed by atoms with Gasteiger partial charge in [-0.25, -0.2) is 4.98 Å². The number of fused-ring (bicyclic) bond motifs is 1. The van der Waals surface area contributed by atoms with Crippen molar-refractivity contribution >= 4 is 17.5 Å². The SMILES string of the molecule is CCC(C)N(CC(=O)O)C(=O)Cc1cn2ccccc2n1. The summed E-state index contributed by atoms with van der Waals surface area (Å²) < 4.78 is 1.84. The number of hydrogen-bond donors (Lipinski definition) is 1. The number of amides is 1. The van der Waals surface area contributed by atoms with Gasteiger partial charge in [0.25, 0.3) is 0 Å². The molecule has 6 heteroatoms. The van der Waals surface area contributed by atoms with Crippen LogP contribution in [0.4, 0.5) is 0 Å². The fraction of sp³-hybridized carbons (Fsp3) is 0.400. The number of rotatable bonds is 6. The highest BCUT2D eigenvalue weighted by Gasteiger charge is 2.22. The number of nitrogens with zero attached hydrogens (tertiary/aromatic N) is 3. The Morgan fingerprint density at radius 3 is 2.81 bits per heavy atom. The third kappa shape index (κ3) is 3.59. The van der Waals surface area contributed by atoms with Crippen LogP contribution < -0.4 is 0 Å². The van der Waals surface area contributed by atoms with Crippen molar-refractivity contribution in [2.75, 3.05) is 6.54 Å². The molecule has 2 aromatic heterocycles. The molecule has 2 heterocycles. The number of carboxylic acid groups (broad SMARTS) is 1. The molecule has 1 amide bonds. The average Bonchev–Trinajstić information content (AvgIpc) is 2.85. The van der Waals surface area contributed by atoms with Crippen LogP contribution in [0.3, 0.4) is 0 Å². The largest absolute Gasteiger partial charge is 0.480 e. The fourth-order valence-corrected chi connectivity index (χ4v) is 2.18. The Bertz CT molecular complexity index is 617. The molecule has 2 aromatic rings. The number of aliphatic carboxylic acids is 1. The molecule has 2 rings (SSSR count). The van der Waals surface area contributed by atoms with Gasteiger partial charge in [0.15, 0.2) is 0 Å². The summed E-state index contributed by atoms with van der Waals surface area (Å²) in [4.78, 5) is 29.0. The minimum atomic E-state index is -1.00. The van der Waals surface area contributed by atoms with E-state index in [2.05, 4.69) is 4.98 Å². The zero-order chi connectivity index (χ0) is 15.4. The van der Waals surface area contributed by atoms with Gasteiger partial charge in [-0.05, 0) is 25.5 Å². The summed E-state index contributed by atoms with van der Waals surface area (Å²) >= 11 is 0. The first-order valence-electron chi connectivity index (χ1n) is 6.95. The van der Waals surface area contributed by atoms with Crippen molar-refractivity contribution < 1.29 is 14.7 Å². The highest BCUT2D eigenvalue weighted by Crippen LogP contribution is 2.10. The van der Waals surface area contributed by atoms with Crippen molar-refractivity contribution in [1.82, 2.24) is 14.3 Å². The maximum absolute atomic E-state index is 12.3. The molecule has 21 heavy (non-hydrogen) atoms. The molecule has 0 aromatic carbocycles. The highest BCUT2D eigenvalue weighted by atomic mass is 16.4. The molecule has 0 fully saturated rings. The summed E-state index contributed by atoms with van der Waals surface area (Å²) in [6.07, 6.45) is 4.48. The van der Waals surface area contributed by atoms with Crippen LogP contribution in [0.15, 0.2) is 30.6 Å². The maximum atomic E-state index is 12.3. The van der Waals surface area contributed by atoms with Crippen molar-refractivity contribution in [2.45, 2.75) is 32.7 Å². The van der Waals surface area contributed by atoms with E-state index in [1.165, 1.54) is 4.90 Å². The number of carboxylic acids is 1. The third-order valence-electron chi connectivity index (χ3n) is 3.50. The van der Waals surface area contributed by atoms with Crippen LogP contribution in [0.2, 0.25) is 0 Å². The Hall–Kier alpha value is -2.37. The van der Waals surface area contributed by atoms with Crippen molar-refractivity contribution in [3.05, 3.63) is 36.3 Å². The van der Waals surface area contributed by atoms with Gasteiger partial charge >= 0.3 is 5.97 Å². The maximum Gasteiger partial charge on any atom is 0.323 e. The molecular weight excluding hydrogens is 270 g/mol. The minimum Gasteiger partial charge on any atom is -0.480 e. The number of carbonyl (C=O) groups is 2. The Morgan fingerprint density at radius 1 is 1.43 bits per heavy atom. The molecule has 6 nitrogen and oxygen atoms in total. The van der Waals surface area contributed by atoms with E-state index >= 15 is 0 Å². The standard InChI is InChI=1S/C15H19N3O3/c1-3-11(2)18(10-15(20)21)14(19)8-12-9-17-7-5-4-6-13(17)16-12/h4-7,9,11H,3,8,10H2,1-2H3,(H,20,21). The van der Waals surface area contributed by atoms with Crippen molar-refractivity contribution in [1.29, 1.82) is 0 Å². The lowest BCUT2D eigenvalue weighted by molar-refractivity contribution is -0.145. The van der Waals surface area contributed by atoms with E-state index < -0.39 is 5.97 Å². The molecule has 1 N–H and O–H groups in total. The molecule has 0 spiro atoms. The molecule has 0 saturated carbocycles. The molecule has 0 aliphatic rings. The Morgan fingerprint density at radius 2 is 2.19 bits per heavy atom. The first-order valence-corrected chi connectivity index (χ1v) is 6.95. The molecule has 0 aliphatic carbocycles. The zero-order valence-electron chi connectivity index (χ0n) is 12.2. The van der Waals surface area contributed by atoms with Crippen LogP contribution in [0, 0.1) is 0 Å². The third-order valence-corrected chi connectivity index (χ3v) is 3.50. The number of aromatic nitrogens is 2. The number of hydrogen-bond acceptors (Lipinski definition) is 3. The molecule has 0 bridgehead atoms. The molecule has 1 atom stereocenters. The van der Waals surface area contributed by atoms with Gasteiger partial charge in [0.1, 0.15) is 12.2 Å². The lowest BCUT2D eigenvalue weighted by atomic mass is 10.2. The summed E-state index contributed by atoms with van der Waals surface area (Å²) in [5.41, 5.74) is 1.42. The van der Waals surface area contributed by atoms with Gasteiger partial charge in [-0.2, -0.15) is 0 Å². The van der Waals surface area contributed by atoms with Gasteiger partial charge in [-0.15, -0.1) is 0 Å². The average molecular weight is 289 g/mol. The van der Waals surface area contributed by atoms with Gasteiger partial charge in [0.05, 0.1) is 12.1 Å². The van der Waals surface area contributed by atoms with Gasteiger partial charge in [0, 0.05) is 18.4 Å². The Labute approximate surface area is 123 Å². The van der Waals surface area contributed by atoms with Gasteiger partial charge < -0.3 is 14.4 Å². The first kappa shape index (κ1) is 15.0. The smallest absolute Gasteiger partial charge is 0.323 e. The highest BCUT2D eigenvalue weighted by molar-refractivity contribution is 5.83. The van der Waals surface area contributed by atoms with Crippen LogP contribution in [-0.4, -0.2) is 43.9 Å². The predicted molar refractivity (Wildman–Crippen MR) is 78.0 cm³/mol. The minimum absolute atomic E-state index is 0.106. The van der Waals surface area contributed by atoms with Crippen LogP contribution in [0.5, 0.6) is 0 Å². The molecule has 0 aliphatic heterocycles. The van der Waals surface area contributed by atoms with Crippen LogP contribution in [0.25, 0.3) is 5.65 Å². The summed E-state index contributed by atoms with van der Waals surface area (Å²) in [5.74, 6) is -1.21. The van der Waals surface area contributed by atoms with Crippen LogP contribution in [0.1, 0.15) is 26.0 Å². The van der Waals surface area contributed by atoms with Crippen molar-refractivity contribution in [3.8, 4) is 0 Å². The van der Waals surface area contributed by atoms with Gasteiger partial charge in [0.2, 0.25) is 5.91 Å². The fourth-order valence-electron chi connectivity index (χ4n) is 2.18. The molecule has 0 saturated heterocycles. The van der Waals surface area contributed by atoms with E-state index in [9.17, 15) is 9.59 Å². The number of imidazole rings is 1. The zero-order valence-corrected chi connectivity index (χ0v) is 12.2. The lowest BCUT2D eigenvalue weighted by Crippen LogP contribution is -2.42. The number of pyridine rings is 1. The normalized spacial score (nSPS) is 12.3. The Balaban J connectivity index is 2.15. The molecule has 112 valence electrons. The van der Waals surface area contributed by atoms with Crippen molar-refractivity contribution in [3.63, 3.8) is 0 Å². The van der Waals surface area contributed by atoms with E-state index in [1.54, 1.807) is 6.20 Å². The molecule has 1 unspecified atom stereocenters. The predicted octanol–water partition coefficient (Wildman–Crippen LogP) is 1.59. The summed E-state index contributed by atoms with van der Waals surface area (Å²) in [6, 6.07) is 5.52. The van der Waals surface area contributed by atoms with Crippen LogP contribution in [-0.2, 0) is 16.0 Å². The number of carbonyl (C=O) groups excluding carboxylic acids is 1. The molecular formula is C15H19N3O3. The quantitative estimate of drug-likeness (QED) is 0.876. The topological polar surface area (TPSA) is 74.9 Å². The van der Waals surface area contributed by atoms with E-state index in [0.29, 0.717) is 12.1 Å². The van der Waals surface area contributed by atoms with Crippen molar-refractivity contribution in [2.24, 2.45) is 0 Å². The van der Waals surface area contributed by atoms with E-state index in [-0.39, 0.29) is 24.9 Å². The monoisotopic (exact) mass is 289 g/mol.